The van der Waals surface area contributed by atoms with Crippen LogP contribution in [0.2, 0.25) is 0 Å². The second kappa shape index (κ2) is 7.90. The summed E-state index contributed by atoms with van der Waals surface area (Å²) in [7, 11) is 0. The summed E-state index contributed by atoms with van der Waals surface area (Å²) in [5.41, 5.74) is 3.43. The van der Waals surface area contributed by atoms with E-state index in [0.717, 1.165) is 48.6 Å². The van der Waals surface area contributed by atoms with E-state index in [1.54, 1.807) is 11.3 Å². The smallest absolute Gasteiger partial charge is 0.274 e. The van der Waals surface area contributed by atoms with E-state index in [9.17, 15) is 4.79 Å². The first-order valence-corrected chi connectivity index (χ1v) is 10.9. The number of rotatable bonds is 3. The zero-order chi connectivity index (χ0) is 20.5. The van der Waals surface area contributed by atoms with E-state index in [-0.39, 0.29) is 5.91 Å². The van der Waals surface area contributed by atoms with Crippen molar-refractivity contribution < 1.29 is 4.79 Å². The first-order chi connectivity index (χ1) is 14.7. The normalized spacial score (nSPS) is 15.4. The van der Waals surface area contributed by atoms with Gasteiger partial charge in [0.05, 0.1) is 21.8 Å². The number of fused-ring (bicyclic) bond motifs is 3. The molecule has 0 bridgehead atoms. The van der Waals surface area contributed by atoms with Crippen LogP contribution in [0.25, 0.3) is 15.2 Å². The fraction of sp³-hybridized carbons (Fsp3) is 0.261. The van der Waals surface area contributed by atoms with Gasteiger partial charge in [0.2, 0.25) is 0 Å². The Kier molecular flexibility index (Phi) is 4.95. The highest BCUT2D eigenvalue weighted by molar-refractivity contribution is 7.23. The van der Waals surface area contributed by atoms with Crippen LogP contribution in [0.1, 0.15) is 28.0 Å². The van der Waals surface area contributed by atoms with Gasteiger partial charge in [-0.2, -0.15) is 5.26 Å². The van der Waals surface area contributed by atoms with Crippen molar-refractivity contribution in [2.45, 2.75) is 13.0 Å². The average Bonchev–Trinajstić information content (AvgIpc) is 3.24. The van der Waals surface area contributed by atoms with Crippen LogP contribution < -0.4 is 0 Å². The van der Waals surface area contributed by atoms with Crippen LogP contribution in [-0.2, 0) is 6.54 Å². The number of carbonyl (C=O) groups is 1. The van der Waals surface area contributed by atoms with E-state index >= 15 is 0 Å². The maximum absolute atomic E-state index is 13.1. The summed E-state index contributed by atoms with van der Waals surface area (Å²) in [5.74, 6) is 0.00306. The molecule has 0 unspecified atom stereocenters. The van der Waals surface area contributed by atoms with E-state index in [4.69, 9.17) is 5.26 Å². The SMILES string of the molecule is N#Cc1cccc(CN2CCCN(C(=O)c3cn4c(n3)sc3ccccc34)CC2)c1. The molecular formula is C23H21N5OS. The summed E-state index contributed by atoms with van der Waals surface area (Å²) in [6.45, 7) is 3.96. The Morgan fingerprint density at radius 3 is 2.90 bits per heavy atom. The number of thiazole rings is 1. The molecule has 4 aromatic rings. The molecule has 0 spiro atoms. The molecule has 0 N–H and O–H groups in total. The van der Waals surface area contributed by atoms with Gasteiger partial charge in [0.1, 0.15) is 5.69 Å². The monoisotopic (exact) mass is 415 g/mol. The summed E-state index contributed by atoms with van der Waals surface area (Å²) < 4.78 is 3.18. The van der Waals surface area contributed by atoms with Gasteiger partial charge in [-0.25, -0.2) is 4.98 Å². The van der Waals surface area contributed by atoms with E-state index in [2.05, 4.69) is 34.2 Å². The lowest BCUT2D eigenvalue weighted by Gasteiger charge is -2.21. The van der Waals surface area contributed by atoms with E-state index in [1.165, 1.54) is 4.70 Å². The molecule has 5 rings (SSSR count). The number of hydrogen-bond acceptors (Lipinski definition) is 5. The largest absolute Gasteiger partial charge is 0.336 e. The average molecular weight is 416 g/mol. The fourth-order valence-electron chi connectivity index (χ4n) is 4.04. The number of nitriles is 1. The molecule has 1 saturated heterocycles. The Hall–Kier alpha value is -3.21. The van der Waals surface area contributed by atoms with Gasteiger partial charge in [0, 0.05) is 38.9 Å². The van der Waals surface area contributed by atoms with E-state index < -0.39 is 0 Å². The van der Waals surface area contributed by atoms with Crippen molar-refractivity contribution in [1.29, 1.82) is 5.26 Å². The Labute approximate surface area is 178 Å². The third-order valence-electron chi connectivity index (χ3n) is 5.56. The van der Waals surface area contributed by atoms with Crippen LogP contribution in [-0.4, -0.2) is 51.3 Å². The lowest BCUT2D eigenvalue weighted by molar-refractivity contribution is 0.0756. The minimum atomic E-state index is 0.00306. The summed E-state index contributed by atoms with van der Waals surface area (Å²) in [6, 6.07) is 18.1. The lowest BCUT2D eigenvalue weighted by atomic mass is 10.1. The molecule has 2 aromatic heterocycles. The van der Waals surface area contributed by atoms with Gasteiger partial charge >= 0.3 is 0 Å². The minimum Gasteiger partial charge on any atom is -0.336 e. The van der Waals surface area contributed by atoms with Crippen LogP contribution in [0.15, 0.2) is 54.7 Å². The molecule has 3 heterocycles. The predicted molar refractivity (Wildman–Crippen MR) is 118 cm³/mol. The number of aromatic nitrogens is 2. The molecule has 2 aromatic carbocycles. The third-order valence-corrected chi connectivity index (χ3v) is 6.59. The molecule has 30 heavy (non-hydrogen) atoms. The molecule has 1 aliphatic heterocycles. The Morgan fingerprint density at radius 2 is 2.00 bits per heavy atom. The molecule has 1 fully saturated rings. The molecule has 1 aliphatic rings. The van der Waals surface area contributed by atoms with E-state index in [0.29, 0.717) is 17.8 Å². The lowest BCUT2D eigenvalue weighted by Crippen LogP contribution is -2.35. The van der Waals surface area contributed by atoms with Crippen LogP contribution in [0.3, 0.4) is 0 Å². The molecule has 6 nitrogen and oxygen atoms in total. The van der Waals surface area contributed by atoms with Crippen molar-refractivity contribution in [1.82, 2.24) is 19.2 Å². The van der Waals surface area contributed by atoms with Crippen molar-refractivity contribution >= 4 is 32.4 Å². The van der Waals surface area contributed by atoms with Crippen molar-refractivity contribution in [3.8, 4) is 6.07 Å². The summed E-state index contributed by atoms with van der Waals surface area (Å²) in [6.07, 6.45) is 2.79. The Bertz CT molecular complexity index is 1270. The van der Waals surface area contributed by atoms with Crippen LogP contribution in [0.4, 0.5) is 0 Å². The predicted octanol–water partition coefficient (Wildman–Crippen LogP) is 3.77. The Balaban J connectivity index is 1.29. The number of nitrogens with zero attached hydrogens (tertiary/aromatic N) is 5. The maximum atomic E-state index is 13.1. The highest BCUT2D eigenvalue weighted by atomic mass is 32.1. The number of carbonyl (C=O) groups excluding carboxylic acids is 1. The maximum Gasteiger partial charge on any atom is 0.274 e. The van der Waals surface area contributed by atoms with Gasteiger partial charge < -0.3 is 4.90 Å². The molecule has 0 saturated carbocycles. The van der Waals surface area contributed by atoms with Gasteiger partial charge in [0.25, 0.3) is 5.91 Å². The number of imidazole rings is 1. The first kappa shape index (κ1) is 18.8. The molecule has 150 valence electrons. The number of benzene rings is 2. The quantitative estimate of drug-likeness (QED) is 0.511. The summed E-state index contributed by atoms with van der Waals surface area (Å²) >= 11 is 1.61. The second-order valence-electron chi connectivity index (χ2n) is 7.58. The van der Waals surface area contributed by atoms with Crippen LogP contribution in [0.5, 0.6) is 0 Å². The summed E-state index contributed by atoms with van der Waals surface area (Å²) in [4.78, 5) is 22.8. The standard InChI is InChI=1S/C23H21N5OS/c24-14-17-5-3-6-18(13-17)15-26-9-4-10-27(12-11-26)22(29)19-16-28-20-7-1-2-8-21(20)30-23(28)25-19/h1-3,5-8,13,16H,4,9-12,15H2. The van der Waals surface area contributed by atoms with Crippen LogP contribution in [0, 0.1) is 11.3 Å². The molecule has 0 atom stereocenters. The molecule has 0 aliphatic carbocycles. The third kappa shape index (κ3) is 3.56. The highest BCUT2D eigenvalue weighted by Gasteiger charge is 2.23. The van der Waals surface area contributed by atoms with E-state index in [1.807, 2.05) is 45.8 Å². The molecular weight excluding hydrogens is 394 g/mol. The first-order valence-electron chi connectivity index (χ1n) is 10.1. The van der Waals surface area contributed by atoms with Crippen molar-refractivity contribution in [3.63, 3.8) is 0 Å². The zero-order valence-corrected chi connectivity index (χ0v) is 17.3. The van der Waals surface area contributed by atoms with Crippen molar-refractivity contribution in [3.05, 3.63) is 71.5 Å². The Morgan fingerprint density at radius 1 is 1.10 bits per heavy atom. The van der Waals surface area contributed by atoms with Gasteiger partial charge in [0.15, 0.2) is 4.96 Å². The molecule has 0 radical (unpaired) electrons. The minimum absolute atomic E-state index is 0.00306. The molecule has 1 amide bonds. The van der Waals surface area contributed by atoms with Gasteiger partial charge in [-0.3, -0.25) is 14.1 Å². The van der Waals surface area contributed by atoms with Crippen molar-refractivity contribution in [2.75, 3.05) is 26.2 Å². The number of hydrogen-bond donors (Lipinski definition) is 0. The molecule has 7 heteroatoms. The fourth-order valence-corrected chi connectivity index (χ4v) is 5.05. The van der Waals surface area contributed by atoms with Crippen LogP contribution >= 0.6 is 11.3 Å². The highest BCUT2D eigenvalue weighted by Crippen LogP contribution is 2.26. The van der Waals surface area contributed by atoms with Gasteiger partial charge in [-0.15, -0.1) is 0 Å². The number of amides is 1. The van der Waals surface area contributed by atoms with Gasteiger partial charge in [-0.05, 0) is 36.2 Å². The number of para-hydroxylation sites is 1. The summed E-state index contributed by atoms with van der Waals surface area (Å²) in [5, 5.41) is 9.10. The van der Waals surface area contributed by atoms with Gasteiger partial charge in [-0.1, -0.05) is 35.6 Å². The van der Waals surface area contributed by atoms with Crippen molar-refractivity contribution in [2.24, 2.45) is 0 Å². The zero-order valence-electron chi connectivity index (χ0n) is 16.5. The second-order valence-corrected chi connectivity index (χ2v) is 8.59. The topological polar surface area (TPSA) is 64.6 Å².